The van der Waals surface area contributed by atoms with Crippen LogP contribution in [0.25, 0.3) is 27.5 Å². The number of benzene rings is 2. The van der Waals surface area contributed by atoms with Crippen molar-refractivity contribution >= 4 is 21.8 Å². The lowest BCUT2D eigenvalue weighted by Gasteiger charge is -2.18. The number of nitrogens with one attached hydrogen (secondary N) is 1. The van der Waals surface area contributed by atoms with Gasteiger partial charge in [-0.3, -0.25) is 9.36 Å². The number of aromatic nitrogens is 2. The van der Waals surface area contributed by atoms with Crippen LogP contribution in [-0.4, -0.2) is 22.3 Å². The quantitative estimate of drug-likeness (QED) is 0.508. The number of hydrogen-bond acceptors (Lipinski definition) is 2. The van der Waals surface area contributed by atoms with E-state index in [-0.39, 0.29) is 11.3 Å². The molecule has 0 saturated heterocycles. The van der Waals surface area contributed by atoms with Gasteiger partial charge in [0.25, 0.3) is 5.56 Å². The molecule has 144 valence electrons. The molecule has 2 aromatic heterocycles. The molecule has 8 heteroatoms. The van der Waals surface area contributed by atoms with E-state index in [0.29, 0.717) is 27.5 Å². The van der Waals surface area contributed by atoms with Crippen LogP contribution in [0.4, 0.5) is 17.6 Å². The molecule has 4 nitrogen and oxygen atoms in total. The van der Waals surface area contributed by atoms with E-state index in [1.807, 2.05) is 0 Å². The van der Waals surface area contributed by atoms with Crippen LogP contribution in [-0.2, 0) is 0 Å². The Morgan fingerprint density at radius 2 is 1.89 bits per heavy atom. The average Bonchev–Trinajstić information content (AvgIpc) is 3.11. The van der Waals surface area contributed by atoms with Crippen LogP contribution in [0.15, 0.2) is 53.5 Å². The third-order valence-electron chi connectivity index (χ3n) is 4.46. The smallest absolute Gasteiger partial charge is 0.422 e. The van der Waals surface area contributed by atoms with Crippen molar-refractivity contribution in [2.45, 2.75) is 13.1 Å². The molecule has 0 unspecified atom stereocenters. The zero-order valence-corrected chi connectivity index (χ0v) is 14.6. The average molecular weight is 390 g/mol. The monoisotopic (exact) mass is 390 g/mol. The second-order valence-electron chi connectivity index (χ2n) is 6.39. The van der Waals surface area contributed by atoms with Crippen molar-refractivity contribution in [2.24, 2.45) is 0 Å². The highest BCUT2D eigenvalue weighted by atomic mass is 19.4. The van der Waals surface area contributed by atoms with Crippen LogP contribution in [0, 0.1) is 12.7 Å². The third-order valence-corrected chi connectivity index (χ3v) is 4.46. The number of halogens is 4. The van der Waals surface area contributed by atoms with Gasteiger partial charge in [0.1, 0.15) is 17.1 Å². The van der Waals surface area contributed by atoms with E-state index in [0.717, 1.165) is 0 Å². The fraction of sp³-hybridized carbons (Fsp3) is 0.150. The lowest BCUT2D eigenvalue weighted by atomic mass is 10.1. The number of aryl methyl sites for hydroxylation is 1. The van der Waals surface area contributed by atoms with E-state index < -0.39 is 24.2 Å². The number of alkyl halides is 3. The van der Waals surface area contributed by atoms with Crippen molar-refractivity contribution in [3.8, 4) is 11.4 Å². The van der Waals surface area contributed by atoms with Gasteiger partial charge in [-0.25, -0.2) is 4.39 Å². The van der Waals surface area contributed by atoms with Crippen LogP contribution in [0.2, 0.25) is 0 Å². The predicted molar refractivity (Wildman–Crippen MR) is 97.6 cm³/mol. The molecule has 2 aromatic carbocycles. The molecule has 0 spiro atoms. The Hall–Kier alpha value is -3.29. The Labute approximate surface area is 156 Å². The fourth-order valence-electron chi connectivity index (χ4n) is 3.32. The number of fused-ring (bicyclic) bond motifs is 3. The molecule has 0 amide bonds. The zero-order chi connectivity index (χ0) is 20.1. The SMILES string of the molecule is Cc1cc(F)ccc1-n1c(=O)c2cc[nH]c2c2cccc(OCC(F)(F)F)c21. The maximum absolute atomic E-state index is 13.6. The first-order chi connectivity index (χ1) is 13.3. The molecule has 4 aromatic rings. The second kappa shape index (κ2) is 6.40. The number of H-pyrrole nitrogens is 1. The van der Waals surface area contributed by atoms with E-state index in [2.05, 4.69) is 4.98 Å². The number of aromatic amines is 1. The molecule has 1 N–H and O–H groups in total. The molecule has 0 fully saturated rings. The molecular weight excluding hydrogens is 376 g/mol. The van der Waals surface area contributed by atoms with Crippen molar-refractivity contribution in [1.29, 1.82) is 0 Å². The largest absolute Gasteiger partial charge is 0.482 e. The first kappa shape index (κ1) is 18.1. The topological polar surface area (TPSA) is 47.0 Å². The molecule has 0 bridgehead atoms. The van der Waals surface area contributed by atoms with E-state index >= 15 is 0 Å². The van der Waals surface area contributed by atoms with Crippen LogP contribution < -0.4 is 10.3 Å². The molecule has 0 aliphatic rings. The number of nitrogens with zero attached hydrogens (tertiary/aromatic N) is 1. The van der Waals surface area contributed by atoms with Gasteiger partial charge in [0, 0.05) is 11.6 Å². The summed E-state index contributed by atoms with van der Waals surface area (Å²) >= 11 is 0. The standard InChI is InChI=1S/C20H14F4N2O2/c1-11-9-12(21)5-6-15(11)26-18-13(17-14(19(26)27)7-8-25-17)3-2-4-16(18)28-10-20(22,23)24/h2-9,25H,10H2,1H3. The Balaban J connectivity index is 2.11. The minimum atomic E-state index is -4.53. The summed E-state index contributed by atoms with van der Waals surface area (Å²) in [6, 6.07) is 10.1. The Morgan fingerprint density at radius 3 is 2.61 bits per heavy atom. The Bertz CT molecular complexity index is 1260. The number of ether oxygens (including phenoxy) is 1. The predicted octanol–water partition coefficient (Wildman–Crippen LogP) is 4.86. The fourth-order valence-corrected chi connectivity index (χ4v) is 3.32. The highest BCUT2D eigenvalue weighted by molar-refractivity contribution is 6.06. The minimum absolute atomic E-state index is 0.0906. The van der Waals surface area contributed by atoms with Gasteiger partial charge < -0.3 is 9.72 Å². The van der Waals surface area contributed by atoms with Gasteiger partial charge >= 0.3 is 6.18 Å². The Morgan fingerprint density at radius 1 is 1.11 bits per heavy atom. The molecule has 0 saturated carbocycles. The van der Waals surface area contributed by atoms with Gasteiger partial charge in [0.2, 0.25) is 0 Å². The van der Waals surface area contributed by atoms with Crippen molar-refractivity contribution in [3.63, 3.8) is 0 Å². The van der Waals surface area contributed by atoms with Gasteiger partial charge in [-0.1, -0.05) is 12.1 Å². The molecule has 2 heterocycles. The lowest BCUT2D eigenvalue weighted by molar-refractivity contribution is -0.153. The molecule has 28 heavy (non-hydrogen) atoms. The molecule has 0 atom stereocenters. The zero-order valence-electron chi connectivity index (χ0n) is 14.6. The molecule has 0 radical (unpaired) electrons. The molecular formula is C20H14F4N2O2. The van der Waals surface area contributed by atoms with Crippen LogP contribution in [0.5, 0.6) is 5.75 Å². The summed E-state index contributed by atoms with van der Waals surface area (Å²) in [7, 11) is 0. The van der Waals surface area contributed by atoms with Crippen LogP contribution in [0.1, 0.15) is 5.56 Å². The molecule has 0 aliphatic heterocycles. The summed E-state index contributed by atoms with van der Waals surface area (Å²) in [4.78, 5) is 16.1. The van der Waals surface area contributed by atoms with Gasteiger partial charge in [-0.2, -0.15) is 13.2 Å². The molecule has 0 aliphatic carbocycles. The van der Waals surface area contributed by atoms with Crippen LogP contribution in [0.3, 0.4) is 0 Å². The van der Waals surface area contributed by atoms with Gasteiger partial charge in [0.15, 0.2) is 6.61 Å². The van der Waals surface area contributed by atoms with Crippen molar-refractivity contribution in [2.75, 3.05) is 6.61 Å². The van der Waals surface area contributed by atoms with E-state index in [9.17, 15) is 22.4 Å². The van der Waals surface area contributed by atoms with Crippen molar-refractivity contribution < 1.29 is 22.3 Å². The summed E-state index contributed by atoms with van der Waals surface area (Å²) in [6.45, 7) is 0.128. The van der Waals surface area contributed by atoms with E-state index in [4.69, 9.17) is 4.74 Å². The van der Waals surface area contributed by atoms with Gasteiger partial charge in [0.05, 0.1) is 16.6 Å². The lowest BCUT2D eigenvalue weighted by Crippen LogP contribution is -2.22. The highest BCUT2D eigenvalue weighted by Crippen LogP contribution is 2.32. The first-order valence-electron chi connectivity index (χ1n) is 8.37. The van der Waals surface area contributed by atoms with Crippen molar-refractivity contribution in [3.05, 3.63) is 70.4 Å². The van der Waals surface area contributed by atoms with Crippen molar-refractivity contribution in [1.82, 2.24) is 9.55 Å². The van der Waals surface area contributed by atoms with E-state index in [1.54, 1.807) is 31.3 Å². The summed E-state index contributed by atoms with van der Waals surface area (Å²) in [5, 5.41) is 0.882. The van der Waals surface area contributed by atoms with Gasteiger partial charge in [-0.15, -0.1) is 0 Å². The summed E-state index contributed by atoms with van der Waals surface area (Å²) in [6.07, 6.45) is -2.95. The normalized spacial score (nSPS) is 12.0. The highest BCUT2D eigenvalue weighted by Gasteiger charge is 2.29. The summed E-state index contributed by atoms with van der Waals surface area (Å²) < 4.78 is 58.0. The van der Waals surface area contributed by atoms with Crippen LogP contribution >= 0.6 is 0 Å². The number of hydrogen-bond donors (Lipinski definition) is 1. The Kier molecular flexibility index (Phi) is 4.14. The minimum Gasteiger partial charge on any atom is -0.482 e. The summed E-state index contributed by atoms with van der Waals surface area (Å²) in [5.41, 5.74) is 1.06. The number of para-hydroxylation sites is 1. The molecule has 4 rings (SSSR count). The second-order valence-corrected chi connectivity index (χ2v) is 6.39. The first-order valence-corrected chi connectivity index (χ1v) is 8.37. The van der Waals surface area contributed by atoms with Gasteiger partial charge in [-0.05, 0) is 42.8 Å². The van der Waals surface area contributed by atoms with E-state index in [1.165, 1.54) is 28.8 Å². The number of rotatable bonds is 3. The maximum atomic E-state index is 13.6. The number of pyridine rings is 1. The maximum Gasteiger partial charge on any atom is 0.422 e. The summed E-state index contributed by atoms with van der Waals surface area (Å²) in [5.74, 6) is -0.568. The third kappa shape index (κ3) is 3.00.